The lowest BCUT2D eigenvalue weighted by molar-refractivity contribution is -0.132. The highest BCUT2D eigenvalue weighted by Gasteiger charge is 2.53. The Morgan fingerprint density at radius 2 is 1.70 bits per heavy atom. The second-order valence-corrected chi connectivity index (χ2v) is 6.97. The second-order valence-electron chi connectivity index (χ2n) is 6.54. The molecule has 1 saturated carbocycles. The van der Waals surface area contributed by atoms with Crippen molar-refractivity contribution in [2.75, 3.05) is 13.1 Å². The van der Waals surface area contributed by atoms with Crippen LogP contribution in [0.15, 0.2) is 54.6 Å². The van der Waals surface area contributed by atoms with Gasteiger partial charge in [0.25, 0.3) is 0 Å². The minimum Gasteiger partial charge on any atom is -0.341 e. The zero-order chi connectivity index (χ0) is 15.9. The van der Waals surface area contributed by atoms with E-state index in [1.54, 1.807) is 0 Å². The summed E-state index contributed by atoms with van der Waals surface area (Å²) in [6.45, 7) is 1.59. The van der Waals surface area contributed by atoms with Gasteiger partial charge in [0.1, 0.15) is 0 Å². The van der Waals surface area contributed by atoms with Gasteiger partial charge in [0, 0.05) is 24.0 Å². The van der Waals surface area contributed by atoms with Gasteiger partial charge in [0.05, 0.1) is 5.41 Å². The molecule has 0 unspecified atom stereocenters. The van der Waals surface area contributed by atoms with Gasteiger partial charge in [0.2, 0.25) is 5.91 Å². The molecule has 2 aromatic rings. The third kappa shape index (κ3) is 2.66. The first-order valence-electron chi connectivity index (χ1n) is 8.15. The van der Waals surface area contributed by atoms with Crippen LogP contribution >= 0.6 is 11.6 Å². The molecule has 0 bridgehead atoms. The number of nitrogens with zero attached hydrogens (tertiary/aromatic N) is 1. The van der Waals surface area contributed by atoms with E-state index in [9.17, 15) is 4.79 Å². The summed E-state index contributed by atoms with van der Waals surface area (Å²) in [6.07, 6.45) is 2.88. The number of likely N-dealkylation sites (tertiary alicyclic amines) is 1. The Kier molecular flexibility index (Phi) is 3.65. The van der Waals surface area contributed by atoms with Crippen molar-refractivity contribution >= 4 is 17.5 Å². The normalized spacial score (nSPS) is 19.8. The van der Waals surface area contributed by atoms with Crippen molar-refractivity contribution in [3.8, 4) is 0 Å². The Morgan fingerprint density at radius 3 is 2.35 bits per heavy atom. The molecular formula is C20H19ClNO. The Bertz CT molecular complexity index is 706. The van der Waals surface area contributed by atoms with Crippen molar-refractivity contribution in [2.24, 2.45) is 0 Å². The molecule has 1 radical (unpaired) electrons. The smallest absolute Gasteiger partial charge is 0.233 e. The quantitative estimate of drug-likeness (QED) is 0.827. The lowest BCUT2D eigenvalue weighted by Crippen LogP contribution is -2.37. The van der Waals surface area contributed by atoms with Gasteiger partial charge in [-0.05, 0) is 42.5 Å². The molecule has 1 heterocycles. The molecule has 0 N–H and O–H groups in total. The lowest BCUT2D eigenvalue weighted by atomic mass is 9.94. The third-order valence-electron chi connectivity index (χ3n) is 5.09. The topological polar surface area (TPSA) is 20.3 Å². The van der Waals surface area contributed by atoms with Gasteiger partial charge in [-0.3, -0.25) is 4.79 Å². The molecule has 117 valence electrons. The van der Waals surface area contributed by atoms with Crippen LogP contribution in [0.4, 0.5) is 0 Å². The molecule has 23 heavy (non-hydrogen) atoms. The zero-order valence-corrected chi connectivity index (χ0v) is 13.7. The molecule has 1 amide bonds. The number of rotatable bonds is 3. The van der Waals surface area contributed by atoms with Crippen molar-refractivity contribution in [3.05, 3.63) is 76.7 Å². The summed E-state index contributed by atoms with van der Waals surface area (Å²) in [4.78, 5) is 15.1. The monoisotopic (exact) mass is 324 g/mol. The van der Waals surface area contributed by atoms with E-state index < -0.39 is 0 Å². The van der Waals surface area contributed by atoms with Crippen LogP contribution in [-0.4, -0.2) is 23.9 Å². The molecule has 3 heteroatoms. The van der Waals surface area contributed by atoms with Crippen LogP contribution in [-0.2, 0) is 10.2 Å². The van der Waals surface area contributed by atoms with Crippen LogP contribution in [0.1, 0.15) is 30.4 Å². The molecule has 0 spiro atoms. The van der Waals surface area contributed by atoms with Crippen molar-refractivity contribution in [1.29, 1.82) is 0 Å². The van der Waals surface area contributed by atoms with E-state index in [1.165, 1.54) is 11.5 Å². The van der Waals surface area contributed by atoms with Crippen molar-refractivity contribution in [3.63, 3.8) is 0 Å². The first-order valence-corrected chi connectivity index (χ1v) is 8.52. The highest BCUT2D eigenvalue weighted by Crippen LogP contribution is 2.50. The predicted octanol–water partition coefficient (Wildman–Crippen LogP) is 4.23. The average molecular weight is 325 g/mol. The summed E-state index contributed by atoms with van der Waals surface area (Å²) in [7, 11) is 0. The van der Waals surface area contributed by atoms with Gasteiger partial charge in [0.15, 0.2) is 0 Å². The third-order valence-corrected chi connectivity index (χ3v) is 5.34. The molecule has 2 fully saturated rings. The van der Waals surface area contributed by atoms with E-state index in [0.29, 0.717) is 0 Å². The largest absolute Gasteiger partial charge is 0.341 e. The molecular weight excluding hydrogens is 306 g/mol. The van der Waals surface area contributed by atoms with Crippen LogP contribution in [0.5, 0.6) is 0 Å². The molecule has 1 aliphatic carbocycles. The maximum atomic E-state index is 13.1. The summed E-state index contributed by atoms with van der Waals surface area (Å²) in [5.41, 5.74) is 2.08. The summed E-state index contributed by atoms with van der Waals surface area (Å²) in [6, 6.07) is 18.2. The van der Waals surface area contributed by atoms with E-state index in [-0.39, 0.29) is 11.3 Å². The fourth-order valence-corrected chi connectivity index (χ4v) is 3.69. The number of benzene rings is 2. The SMILES string of the molecule is O=C(N1CC[C](c2ccccc2)C1)C1(c2ccc(Cl)cc2)CC1. The number of amides is 1. The van der Waals surface area contributed by atoms with Gasteiger partial charge in [-0.2, -0.15) is 0 Å². The van der Waals surface area contributed by atoms with Crippen LogP contribution < -0.4 is 0 Å². The molecule has 2 aliphatic rings. The maximum Gasteiger partial charge on any atom is 0.233 e. The number of halogens is 1. The number of carbonyl (C=O) groups excluding carboxylic acids is 1. The van der Waals surface area contributed by atoms with Crippen LogP contribution in [0.25, 0.3) is 0 Å². The Labute approximate surface area is 142 Å². The first-order chi connectivity index (χ1) is 11.2. The first kappa shape index (κ1) is 14.8. The fourth-order valence-electron chi connectivity index (χ4n) is 3.56. The van der Waals surface area contributed by atoms with E-state index in [4.69, 9.17) is 11.6 Å². The number of hydrogen-bond donors (Lipinski definition) is 0. The van der Waals surface area contributed by atoms with Crippen molar-refractivity contribution in [2.45, 2.75) is 24.7 Å². The van der Waals surface area contributed by atoms with E-state index in [0.717, 1.165) is 42.9 Å². The number of hydrogen-bond acceptors (Lipinski definition) is 1. The Morgan fingerprint density at radius 1 is 1.00 bits per heavy atom. The van der Waals surface area contributed by atoms with Crippen LogP contribution in [0, 0.1) is 5.92 Å². The Hall–Kier alpha value is -1.80. The van der Waals surface area contributed by atoms with E-state index >= 15 is 0 Å². The minimum atomic E-state index is -0.295. The summed E-state index contributed by atoms with van der Waals surface area (Å²) < 4.78 is 0. The highest BCUT2D eigenvalue weighted by atomic mass is 35.5. The van der Waals surface area contributed by atoms with Gasteiger partial charge in [-0.15, -0.1) is 0 Å². The molecule has 1 saturated heterocycles. The minimum absolute atomic E-state index is 0.283. The molecule has 1 aliphatic heterocycles. The van der Waals surface area contributed by atoms with Crippen LogP contribution in [0.3, 0.4) is 0 Å². The van der Waals surface area contributed by atoms with Gasteiger partial charge in [-0.25, -0.2) is 0 Å². The highest BCUT2D eigenvalue weighted by molar-refractivity contribution is 6.30. The van der Waals surface area contributed by atoms with Crippen molar-refractivity contribution < 1.29 is 4.79 Å². The van der Waals surface area contributed by atoms with Crippen LogP contribution in [0.2, 0.25) is 5.02 Å². The Balaban J connectivity index is 1.51. The molecule has 2 aromatic carbocycles. The molecule has 2 nitrogen and oxygen atoms in total. The summed E-state index contributed by atoms with van der Waals surface area (Å²) in [5, 5.41) is 0.720. The summed E-state index contributed by atoms with van der Waals surface area (Å²) >= 11 is 5.98. The van der Waals surface area contributed by atoms with E-state index in [2.05, 4.69) is 24.3 Å². The maximum absolute atomic E-state index is 13.1. The van der Waals surface area contributed by atoms with Gasteiger partial charge in [-0.1, -0.05) is 54.1 Å². The standard InChI is InChI=1S/C20H19ClNO/c21-18-8-6-17(7-9-18)20(11-12-20)19(23)22-13-10-16(14-22)15-4-2-1-3-5-15/h1-9H,10-14H2. The molecule has 0 aromatic heterocycles. The zero-order valence-electron chi connectivity index (χ0n) is 13.0. The van der Waals surface area contributed by atoms with Crippen molar-refractivity contribution in [1.82, 2.24) is 4.90 Å². The average Bonchev–Trinajstić information content (AvgIpc) is 3.25. The fraction of sp³-hybridized carbons (Fsp3) is 0.300. The van der Waals surface area contributed by atoms with Gasteiger partial charge >= 0.3 is 0 Å². The molecule has 0 atom stereocenters. The second kappa shape index (κ2) is 5.68. The number of carbonyl (C=O) groups is 1. The predicted molar refractivity (Wildman–Crippen MR) is 92.3 cm³/mol. The summed E-state index contributed by atoms with van der Waals surface area (Å²) in [5.74, 6) is 1.65. The molecule has 4 rings (SSSR count). The van der Waals surface area contributed by atoms with Gasteiger partial charge < -0.3 is 4.90 Å². The lowest BCUT2D eigenvalue weighted by Gasteiger charge is -2.23. The van der Waals surface area contributed by atoms with E-state index in [1.807, 2.05) is 35.2 Å².